The molecule has 230 valence electrons. The van der Waals surface area contributed by atoms with Crippen LogP contribution < -0.4 is 15.0 Å². The second kappa shape index (κ2) is 13.7. The lowest BCUT2D eigenvalue weighted by atomic mass is 9.89. The van der Waals surface area contributed by atoms with Crippen LogP contribution in [0.2, 0.25) is 0 Å². The number of carbonyl (C=O) groups excluding carboxylic acids is 4. The van der Waals surface area contributed by atoms with Crippen molar-refractivity contribution in [3.63, 3.8) is 0 Å². The Morgan fingerprint density at radius 3 is 2.36 bits per heavy atom. The van der Waals surface area contributed by atoms with Gasteiger partial charge in [0.15, 0.2) is 0 Å². The number of esters is 1. The van der Waals surface area contributed by atoms with Crippen LogP contribution in [0.3, 0.4) is 0 Å². The first-order chi connectivity index (χ1) is 21.3. The van der Waals surface area contributed by atoms with Crippen molar-refractivity contribution in [2.24, 2.45) is 0 Å². The third kappa shape index (κ3) is 6.30. The van der Waals surface area contributed by atoms with E-state index in [1.807, 2.05) is 36.4 Å². The van der Waals surface area contributed by atoms with Crippen LogP contribution in [-0.4, -0.2) is 71.6 Å². The van der Waals surface area contributed by atoms with Gasteiger partial charge in [-0.25, -0.2) is 0 Å². The van der Waals surface area contributed by atoms with Crippen LogP contribution in [0.25, 0.3) is 0 Å². The monoisotopic (exact) mass is 599 g/mol. The first-order valence-corrected chi connectivity index (χ1v) is 14.9. The third-order valence-electron chi connectivity index (χ3n) is 8.06. The summed E-state index contributed by atoms with van der Waals surface area (Å²) in [6.45, 7) is 3.80. The number of piperazine rings is 1. The number of anilines is 1. The first-order valence-electron chi connectivity index (χ1n) is 14.9. The van der Waals surface area contributed by atoms with Crippen LogP contribution in [0, 0.1) is 0 Å². The molecule has 1 fully saturated rings. The zero-order valence-corrected chi connectivity index (χ0v) is 24.8. The number of hydrogen-bond donors (Lipinski definition) is 2. The molecule has 0 radical (unpaired) electrons. The van der Waals surface area contributed by atoms with Crippen molar-refractivity contribution in [2.45, 2.75) is 57.3 Å². The molecule has 5 rings (SSSR count). The molecule has 2 aliphatic heterocycles. The number of aliphatic hydroxyl groups excluding tert-OH is 1. The van der Waals surface area contributed by atoms with Gasteiger partial charge in [-0.1, -0.05) is 48.5 Å². The Hall–Kier alpha value is -4.70. The predicted octanol–water partition coefficient (Wildman–Crippen LogP) is 3.43. The number of rotatable bonds is 11. The lowest BCUT2D eigenvalue weighted by Crippen LogP contribution is -2.69. The summed E-state index contributed by atoms with van der Waals surface area (Å²) in [4.78, 5) is 57.8. The SMILES string of the molecule is CCOC(=O)C[C@H]1[C@@H]2[C@@H](NC(=O)c3ccccc3)c3cc(OCCCO)ccc3N2C(=O)[C@H](C)N1C(=O)Cc1ccccc1. The molecule has 10 heteroatoms. The topological polar surface area (TPSA) is 125 Å². The molecule has 3 aromatic carbocycles. The smallest absolute Gasteiger partial charge is 0.307 e. The molecule has 0 bridgehead atoms. The molecule has 3 aromatic rings. The van der Waals surface area contributed by atoms with Gasteiger partial charge in [0.1, 0.15) is 11.8 Å². The Labute approximate surface area is 256 Å². The van der Waals surface area contributed by atoms with Crippen molar-refractivity contribution in [3.8, 4) is 5.75 Å². The molecular weight excluding hydrogens is 562 g/mol. The summed E-state index contributed by atoms with van der Waals surface area (Å²) in [5.41, 5.74) is 2.41. The number of carbonyl (C=O) groups is 4. The maximum atomic E-state index is 14.1. The van der Waals surface area contributed by atoms with Crippen molar-refractivity contribution in [1.29, 1.82) is 0 Å². The minimum absolute atomic E-state index is 0.0225. The normalized spacial score (nSPS) is 20.5. The number of hydrogen-bond acceptors (Lipinski definition) is 7. The summed E-state index contributed by atoms with van der Waals surface area (Å²) in [5, 5.41) is 12.3. The van der Waals surface area contributed by atoms with Gasteiger partial charge in [-0.3, -0.25) is 19.2 Å². The van der Waals surface area contributed by atoms with Crippen LogP contribution in [0.15, 0.2) is 78.9 Å². The molecule has 2 heterocycles. The number of nitrogens with one attached hydrogen (secondary N) is 1. The van der Waals surface area contributed by atoms with Crippen molar-refractivity contribution in [2.75, 3.05) is 24.7 Å². The summed E-state index contributed by atoms with van der Waals surface area (Å²) in [7, 11) is 0. The summed E-state index contributed by atoms with van der Waals surface area (Å²) in [6.07, 6.45) is 0.316. The van der Waals surface area contributed by atoms with Crippen molar-refractivity contribution < 1.29 is 33.8 Å². The fourth-order valence-electron chi connectivity index (χ4n) is 6.12. The molecule has 0 unspecified atom stereocenters. The Kier molecular flexibility index (Phi) is 9.59. The summed E-state index contributed by atoms with van der Waals surface area (Å²) < 4.78 is 11.2. The van der Waals surface area contributed by atoms with Gasteiger partial charge in [-0.05, 0) is 49.7 Å². The van der Waals surface area contributed by atoms with Gasteiger partial charge in [-0.15, -0.1) is 0 Å². The standard InChI is InChI=1S/C34H37N3O7/c1-3-43-30(40)21-28-32-31(35-33(41)24-13-8-5-9-14-24)26-20-25(44-18-10-17-38)15-16-27(26)37(32)34(42)22(2)36(28)29(39)19-23-11-6-4-7-12-23/h4-9,11-16,20,22,28,31-32,38H,3,10,17-19,21H2,1-2H3,(H,35,41)/t22-,28-,31-,32+/m0/s1. The zero-order valence-electron chi connectivity index (χ0n) is 24.8. The average molecular weight is 600 g/mol. The molecule has 44 heavy (non-hydrogen) atoms. The highest BCUT2D eigenvalue weighted by molar-refractivity contribution is 6.04. The molecule has 3 amide bonds. The molecular formula is C34H37N3O7. The second-order valence-electron chi connectivity index (χ2n) is 10.9. The quantitative estimate of drug-likeness (QED) is 0.256. The molecule has 0 aromatic heterocycles. The van der Waals surface area contributed by atoms with E-state index in [4.69, 9.17) is 9.47 Å². The van der Waals surface area contributed by atoms with Crippen LogP contribution in [0.1, 0.15) is 54.2 Å². The van der Waals surface area contributed by atoms with Gasteiger partial charge >= 0.3 is 5.97 Å². The fourth-order valence-corrected chi connectivity index (χ4v) is 6.12. The second-order valence-corrected chi connectivity index (χ2v) is 10.9. The highest BCUT2D eigenvalue weighted by Gasteiger charge is 2.55. The van der Waals surface area contributed by atoms with E-state index in [-0.39, 0.29) is 50.4 Å². The lowest BCUT2D eigenvalue weighted by Gasteiger charge is -2.49. The van der Waals surface area contributed by atoms with E-state index < -0.39 is 30.1 Å². The number of fused-ring (bicyclic) bond motifs is 3. The minimum Gasteiger partial charge on any atom is -0.493 e. The number of amides is 3. The van der Waals surface area contributed by atoms with Crippen LogP contribution in [0.4, 0.5) is 5.69 Å². The number of ether oxygens (including phenoxy) is 2. The molecule has 10 nitrogen and oxygen atoms in total. The van der Waals surface area contributed by atoms with E-state index >= 15 is 0 Å². The van der Waals surface area contributed by atoms with E-state index in [2.05, 4.69) is 5.32 Å². The number of nitrogens with zero attached hydrogens (tertiary/aromatic N) is 2. The highest BCUT2D eigenvalue weighted by Crippen LogP contribution is 2.47. The molecule has 4 atom stereocenters. The maximum absolute atomic E-state index is 14.1. The van der Waals surface area contributed by atoms with Gasteiger partial charge in [-0.2, -0.15) is 0 Å². The van der Waals surface area contributed by atoms with Gasteiger partial charge in [0.2, 0.25) is 11.8 Å². The van der Waals surface area contributed by atoms with E-state index in [1.54, 1.807) is 61.2 Å². The van der Waals surface area contributed by atoms with Gasteiger partial charge in [0.25, 0.3) is 5.91 Å². The lowest BCUT2D eigenvalue weighted by molar-refractivity contribution is -0.152. The molecule has 2 N–H and O–H groups in total. The van der Waals surface area contributed by atoms with E-state index in [0.717, 1.165) is 5.56 Å². The van der Waals surface area contributed by atoms with Crippen molar-refractivity contribution in [3.05, 3.63) is 95.6 Å². The van der Waals surface area contributed by atoms with E-state index in [0.29, 0.717) is 29.0 Å². The minimum atomic E-state index is -0.876. The van der Waals surface area contributed by atoms with E-state index in [9.17, 15) is 24.3 Å². The van der Waals surface area contributed by atoms with Crippen molar-refractivity contribution >= 4 is 29.4 Å². The average Bonchev–Trinajstić information content (AvgIpc) is 3.34. The fraction of sp³-hybridized carbons (Fsp3) is 0.353. The van der Waals surface area contributed by atoms with Crippen LogP contribution >= 0.6 is 0 Å². The molecule has 0 aliphatic carbocycles. The number of benzene rings is 3. The Morgan fingerprint density at radius 2 is 1.68 bits per heavy atom. The molecule has 0 saturated carbocycles. The van der Waals surface area contributed by atoms with Gasteiger partial charge in [0, 0.05) is 29.8 Å². The predicted molar refractivity (Wildman–Crippen MR) is 163 cm³/mol. The third-order valence-corrected chi connectivity index (χ3v) is 8.06. The molecule has 2 aliphatic rings. The van der Waals surface area contributed by atoms with Crippen LogP contribution in [0.5, 0.6) is 5.75 Å². The number of aliphatic hydroxyl groups is 1. The highest BCUT2D eigenvalue weighted by atomic mass is 16.5. The Bertz CT molecular complexity index is 1500. The van der Waals surface area contributed by atoms with Gasteiger partial charge in [0.05, 0.1) is 44.2 Å². The maximum Gasteiger partial charge on any atom is 0.307 e. The summed E-state index contributed by atoms with van der Waals surface area (Å²) in [6, 6.07) is 20.0. The summed E-state index contributed by atoms with van der Waals surface area (Å²) in [5.74, 6) is -0.978. The van der Waals surface area contributed by atoms with Gasteiger partial charge < -0.3 is 29.7 Å². The molecule has 0 spiro atoms. The first kappa shape index (κ1) is 30.7. The largest absolute Gasteiger partial charge is 0.493 e. The summed E-state index contributed by atoms with van der Waals surface area (Å²) >= 11 is 0. The molecule has 1 saturated heterocycles. The Morgan fingerprint density at radius 1 is 0.977 bits per heavy atom. The van der Waals surface area contributed by atoms with Crippen molar-refractivity contribution in [1.82, 2.24) is 10.2 Å². The van der Waals surface area contributed by atoms with E-state index in [1.165, 1.54) is 4.90 Å². The Balaban J connectivity index is 1.59. The zero-order chi connectivity index (χ0) is 31.2. The van der Waals surface area contributed by atoms with Crippen LogP contribution in [-0.2, 0) is 25.5 Å².